The number of fused-ring (bicyclic) bond motifs is 1. The maximum atomic E-state index is 12.7. The number of imidazole rings is 1. The molecule has 10 heteroatoms. The fourth-order valence-corrected chi connectivity index (χ4v) is 4.53. The Morgan fingerprint density at radius 3 is 2.41 bits per heavy atom. The van der Waals surface area contributed by atoms with Gasteiger partial charge in [-0.15, -0.1) is 0 Å². The van der Waals surface area contributed by atoms with Crippen molar-refractivity contribution in [3.05, 3.63) is 93.7 Å². The molecular weight excluding hydrogens is 480 g/mol. The third-order valence-corrected chi connectivity index (χ3v) is 6.81. The number of halogens is 2. The van der Waals surface area contributed by atoms with E-state index in [1.807, 2.05) is 35.8 Å². The second kappa shape index (κ2) is 9.95. The molecule has 0 atom stereocenters. The fraction of sp³-hybridized carbons (Fsp3) is 0.0909. The van der Waals surface area contributed by atoms with Crippen LogP contribution in [0.4, 0.5) is 0 Å². The normalized spacial score (nSPS) is 11.2. The Morgan fingerprint density at radius 2 is 1.72 bits per heavy atom. The number of carbonyl (C=O) groups is 1. The van der Waals surface area contributed by atoms with Crippen LogP contribution in [0.5, 0.6) is 0 Å². The van der Waals surface area contributed by atoms with Gasteiger partial charge in [-0.2, -0.15) is 0 Å². The van der Waals surface area contributed by atoms with Gasteiger partial charge in [0.15, 0.2) is 0 Å². The molecule has 0 fully saturated rings. The zero-order valence-electron chi connectivity index (χ0n) is 16.3. The standard InChI is InChI=1S/C22H17Cl2N3O3S.Na.H/c1-14-25-20-11-6-15(12-21(20)27(14)13-16-4-2-3-5-19(16)24)22(28)26-31(29,30)18-9-7-17(23)8-10-18;;/h2-12H,13H2,1H3,(H,26,28);;. The summed E-state index contributed by atoms with van der Waals surface area (Å²) in [4.78, 5) is 17.2. The van der Waals surface area contributed by atoms with Crippen LogP contribution in [0.1, 0.15) is 21.7 Å². The molecule has 0 saturated carbocycles. The molecule has 1 N–H and O–H groups in total. The van der Waals surface area contributed by atoms with E-state index in [1.54, 1.807) is 18.2 Å². The topological polar surface area (TPSA) is 81.1 Å². The Morgan fingerprint density at radius 1 is 1.03 bits per heavy atom. The van der Waals surface area contributed by atoms with Crippen LogP contribution in [-0.4, -0.2) is 53.4 Å². The Labute approximate surface area is 217 Å². The number of sulfonamides is 1. The monoisotopic (exact) mass is 497 g/mol. The minimum atomic E-state index is -4.03. The average molecular weight is 498 g/mol. The van der Waals surface area contributed by atoms with Crippen molar-refractivity contribution in [3.8, 4) is 0 Å². The van der Waals surface area contributed by atoms with Gasteiger partial charge < -0.3 is 4.57 Å². The molecule has 0 spiro atoms. The Balaban J connectivity index is 0.00000289. The summed E-state index contributed by atoms with van der Waals surface area (Å²) in [6.07, 6.45) is 0. The molecule has 0 radical (unpaired) electrons. The Hall–Kier alpha value is -1.87. The van der Waals surface area contributed by atoms with Crippen molar-refractivity contribution in [1.82, 2.24) is 14.3 Å². The van der Waals surface area contributed by atoms with Crippen LogP contribution in [0, 0.1) is 6.92 Å². The zero-order chi connectivity index (χ0) is 22.2. The fourth-order valence-electron chi connectivity index (χ4n) is 3.23. The van der Waals surface area contributed by atoms with Crippen LogP contribution in [0.3, 0.4) is 0 Å². The van der Waals surface area contributed by atoms with Gasteiger partial charge in [0.1, 0.15) is 5.82 Å². The molecular formula is C22H18Cl2N3NaO3S. The van der Waals surface area contributed by atoms with Crippen molar-refractivity contribution in [2.24, 2.45) is 0 Å². The first-order chi connectivity index (χ1) is 14.7. The number of hydrogen-bond donors (Lipinski definition) is 1. The average Bonchev–Trinajstić information content (AvgIpc) is 3.04. The van der Waals surface area contributed by atoms with Crippen molar-refractivity contribution < 1.29 is 13.2 Å². The van der Waals surface area contributed by atoms with E-state index >= 15 is 0 Å². The molecule has 1 heterocycles. The molecule has 4 rings (SSSR count). The van der Waals surface area contributed by atoms with E-state index in [-0.39, 0.29) is 40.0 Å². The first-order valence-corrected chi connectivity index (χ1v) is 11.5. The number of aryl methyl sites for hydroxylation is 1. The van der Waals surface area contributed by atoms with Crippen molar-refractivity contribution in [2.45, 2.75) is 18.4 Å². The third-order valence-electron chi connectivity index (χ3n) is 4.84. The quantitative estimate of drug-likeness (QED) is 0.419. The zero-order valence-corrected chi connectivity index (χ0v) is 18.7. The van der Waals surface area contributed by atoms with E-state index in [2.05, 4.69) is 9.71 Å². The predicted octanol–water partition coefficient (Wildman–Crippen LogP) is 4.17. The molecule has 0 unspecified atom stereocenters. The molecule has 32 heavy (non-hydrogen) atoms. The summed E-state index contributed by atoms with van der Waals surface area (Å²) < 4.78 is 29.1. The van der Waals surface area contributed by atoms with Crippen LogP contribution in [0.2, 0.25) is 10.0 Å². The molecule has 3 aromatic carbocycles. The molecule has 6 nitrogen and oxygen atoms in total. The summed E-state index contributed by atoms with van der Waals surface area (Å²) in [6, 6.07) is 17.9. The summed E-state index contributed by atoms with van der Waals surface area (Å²) in [6.45, 7) is 2.33. The van der Waals surface area contributed by atoms with Crippen molar-refractivity contribution in [1.29, 1.82) is 0 Å². The van der Waals surface area contributed by atoms with Gasteiger partial charge in [-0.3, -0.25) is 4.79 Å². The maximum absolute atomic E-state index is 12.7. The summed E-state index contributed by atoms with van der Waals surface area (Å²) in [5, 5.41) is 1.03. The number of rotatable bonds is 5. The number of nitrogens with zero attached hydrogens (tertiary/aromatic N) is 2. The van der Waals surface area contributed by atoms with Crippen molar-refractivity contribution >= 4 is 79.7 Å². The van der Waals surface area contributed by atoms with Crippen LogP contribution in [0.25, 0.3) is 11.0 Å². The molecule has 0 aliphatic heterocycles. The first-order valence-electron chi connectivity index (χ1n) is 9.27. The van der Waals surface area contributed by atoms with Crippen molar-refractivity contribution in [2.75, 3.05) is 0 Å². The van der Waals surface area contributed by atoms with E-state index in [0.29, 0.717) is 27.6 Å². The van der Waals surface area contributed by atoms with Gasteiger partial charge in [-0.25, -0.2) is 18.1 Å². The summed E-state index contributed by atoms with van der Waals surface area (Å²) >= 11 is 12.1. The summed E-state index contributed by atoms with van der Waals surface area (Å²) in [5.74, 6) is 0.0151. The van der Waals surface area contributed by atoms with Crippen molar-refractivity contribution in [3.63, 3.8) is 0 Å². The Bertz CT molecular complexity index is 1400. The third kappa shape index (κ3) is 5.20. The van der Waals surface area contributed by atoms with Gasteiger partial charge in [0.25, 0.3) is 15.9 Å². The number of amides is 1. The van der Waals surface area contributed by atoms with Gasteiger partial charge >= 0.3 is 29.6 Å². The molecule has 0 bridgehead atoms. The van der Waals surface area contributed by atoms with Gasteiger partial charge in [-0.1, -0.05) is 41.4 Å². The number of carbonyl (C=O) groups excluding carboxylic acids is 1. The first kappa shape index (κ1) is 24.8. The number of aromatic nitrogens is 2. The SMILES string of the molecule is Cc1nc2ccc(C(=O)NS(=O)(=O)c3ccc(Cl)cc3)cc2n1Cc1ccccc1Cl.[NaH]. The molecule has 1 aromatic heterocycles. The van der Waals surface area contributed by atoms with E-state index in [4.69, 9.17) is 23.2 Å². The van der Waals surface area contributed by atoms with Gasteiger partial charge in [0, 0.05) is 15.6 Å². The molecule has 0 aliphatic carbocycles. The second-order valence-corrected chi connectivity index (χ2v) is 9.45. The summed E-state index contributed by atoms with van der Waals surface area (Å²) in [5.41, 5.74) is 2.51. The van der Waals surface area contributed by atoms with Gasteiger partial charge in [0.05, 0.1) is 22.5 Å². The molecule has 160 valence electrons. The van der Waals surface area contributed by atoms with Crippen LogP contribution in [-0.2, 0) is 16.6 Å². The van der Waals surface area contributed by atoms with Gasteiger partial charge in [-0.05, 0) is 61.0 Å². The number of hydrogen-bond acceptors (Lipinski definition) is 4. The van der Waals surface area contributed by atoms with Crippen LogP contribution < -0.4 is 4.72 Å². The molecule has 1 amide bonds. The predicted molar refractivity (Wildman–Crippen MR) is 128 cm³/mol. The van der Waals surface area contributed by atoms with Crippen LogP contribution >= 0.6 is 23.2 Å². The van der Waals surface area contributed by atoms with E-state index in [9.17, 15) is 13.2 Å². The van der Waals surface area contributed by atoms with Crippen LogP contribution in [0.15, 0.2) is 71.6 Å². The number of benzene rings is 3. The van der Waals surface area contributed by atoms with E-state index in [0.717, 1.165) is 11.4 Å². The molecule has 0 saturated heterocycles. The summed E-state index contributed by atoms with van der Waals surface area (Å²) in [7, 11) is -4.03. The molecule has 0 aliphatic rings. The van der Waals surface area contributed by atoms with E-state index in [1.165, 1.54) is 24.3 Å². The Kier molecular flexibility index (Phi) is 7.70. The number of nitrogens with one attached hydrogen (secondary N) is 1. The minimum absolute atomic E-state index is 0. The molecule has 4 aromatic rings. The van der Waals surface area contributed by atoms with E-state index < -0.39 is 15.9 Å². The van der Waals surface area contributed by atoms with Gasteiger partial charge in [0.2, 0.25) is 0 Å². The second-order valence-electron chi connectivity index (χ2n) is 6.93.